The molecule has 1 rings (SSSR count). The summed E-state index contributed by atoms with van der Waals surface area (Å²) in [7, 11) is 0. The Morgan fingerprint density at radius 1 is 1.21 bits per heavy atom. The molecule has 19 heavy (non-hydrogen) atoms. The minimum Gasteiger partial charge on any atom is -0.481 e. The van der Waals surface area contributed by atoms with E-state index >= 15 is 0 Å². The average Bonchev–Trinajstić information content (AvgIpc) is 2.44. The Hall–Kier alpha value is -1.14. The van der Waals surface area contributed by atoms with Crippen molar-refractivity contribution in [3.8, 4) is 0 Å². The summed E-state index contributed by atoms with van der Waals surface area (Å²) in [6.45, 7) is 0.993. The molecule has 2 unspecified atom stereocenters. The van der Waals surface area contributed by atoms with Crippen LogP contribution in [0.25, 0.3) is 0 Å². The van der Waals surface area contributed by atoms with Crippen molar-refractivity contribution in [1.82, 2.24) is 0 Å². The molecular weight excluding hydrogens is 252 g/mol. The first-order valence-electron chi connectivity index (χ1n) is 6.53. The number of esters is 1. The minimum atomic E-state index is -0.868. The van der Waals surface area contributed by atoms with E-state index in [2.05, 4.69) is 0 Å². The van der Waals surface area contributed by atoms with Gasteiger partial charge >= 0.3 is 11.9 Å². The van der Waals surface area contributed by atoms with Crippen LogP contribution in [0.1, 0.15) is 32.6 Å². The quantitative estimate of drug-likeness (QED) is 0.606. The predicted molar refractivity (Wildman–Crippen MR) is 66.3 cm³/mol. The minimum absolute atomic E-state index is 0.0624. The van der Waals surface area contributed by atoms with Crippen molar-refractivity contribution >= 4 is 11.9 Å². The summed E-state index contributed by atoms with van der Waals surface area (Å²) >= 11 is 0. The highest BCUT2D eigenvalue weighted by Crippen LogP contribution is 2.30. The molecule has 6 heteroatoms. The Morgan fingerprint density at radius 3 is 2.32 bits per heavy atom. The van der Waals surface area contributed by atoms with E-state index in [1.807, 2.05) is 0 Å². The van der Waals surface area contributed by atoms with Crippen LogP contribution in [-0.2, 0) is 14.3 Å². The monoisotopic (exact) mass is 274 g/mol. The predicted octanol–water partition coefficient (Wildman–Crippen LogP) is 0.411. The van der Waals surface area contributed by atoms with Gasteiger partial charge in [0.2, 0.25) is 0 Å². The molecule has 0 aliphatic heterocycles. The maximum atomic E-state index is 11.9. The molecule has 0 aromatic carbocycles. The number of aliphatic carboxylic acids is 1. The highest BCUT2D eigenvalue weighted by atomic mass is 16.5. The second-order valence-electron chi connectivity index (χ2n) is 5.63. The summed E-state index contributed by atoms with van der Waals surface area (Å²) in [6.07, 6.45) is 2.25. The van der Waals surface area contributed by atoms with E-state index in [1.165, 1.54) is 0 Å². The number of hydrogen-bond donors (Lipinski definition) is 3. The van der Waals surface area contributed by atoms with E-state index in [0.29, 0.717) is 25.7 Å². The molecule has 3 N–H and O–H groups in total. The Balaban J connectivity index is 2.47. The maximum Gasteiger partial charge on any atom is 0.308 e. The molecule has 0 amide bonds. The molecule has 2 atom stereocenters. The number of rotatable bonds is 6. The van der Waals surface area contributed by atoms with E-state index in [0.717, 1.165) is 0 Å². The highest BCUT2D eigenvalue weighted by molar-refractivity contribution is 5.75. The van der Waals surface area contributed by atoms with Gasteiger partial charge in [0, 0.05) is 5.41 Å². The third kappa shape index (κ3) is 4.47. The molecular formula is C13H22O6. The summed E-state index contributed by atoms with van der Waals surface area (Å²) in [4.78, 5) is 22.8. The van der Waals surface area contributed by atoms with Crippen molar-refractivity contribution in [1.29, 1.82) is 0 Å². The van der Waals surface area contributed by atoms with Gasteiger partial charge in [-0.3, -0.25) is 9.59 Å². The molecule has 0 aromatic heterocycles. The zero-order valence-corrected chi connectivity index (χ0v) is 11.2. The van der Waals surface area contributed by atoms with Crippen molar-refractivity contribution in [3.05, 3.63) is 0 Å². The standard InChI is InChI=1S/C13H22O6/c1-13(6-14,7-15)8-19-12(18)10-4-2-3-9(5-10)11(16)17/h9-10,14-15H,2-8H2,1H3,(H,16,17). The van der Waals surface area contributed by atoms with Gasteiger partial charge in [0.05, 0.1) is 25.0 Å². The number of aliphatic hydroxyl groups is 2. The van der Waals surface area contributed by atoms with Crippen molar-refractivity contribution in [2.75, 3.05) is 19.8 Å². The molecule has 1 aliphatic carbocycles. The molecule has 0 aromatic rings. The molecule has 0 bridgehead atoms. The number of hydrogen-bond acceptors (Lipinski definition) is 5. The highest BCUT2D eigenvalue weighted by Gasteiger charge is 2.33. The molecule has 0 heterocycles. The van der Waals surface area contributed by atoms with Crippen LogP contribution in [-0.4, -0.2) is 47.1 Å². The van der Waals surface area contributed by atoms with E-state index in [1.54, 1.807) is 6.92 Å². The lowest BCUT2D eigenvalue weighted by Crippen LogP contribution is -2.35. The topological polar surface area (TPSA) is 104 Å². The van der Waals surface area contributed by atoms with E-state index in [-0.39, 0.29) is 19.8 Å². The summed E-state index contributed by atoms with van der Waals surface area (Å²) < 4.78 is 5.10. The van der Waals surface area contributed by atoms with Crippen molar-refractivity contribution in [2.45, 2.75) is 32.6 Å². The summed E-state index contributed by atoms with van der Waals surface area (Å²) in [5.41, 5.74) is -0.851. The van der Waals surface area contributed by atoms with E-state index in [9.17, 15) is 9.59 Å². The molecule has 6 nitrogen and oxygen atoms in total. The second kappa shape index (κ2) is 6.86. The third-order valence-corrected chi connectivity index (χ3v) is 3.68. The summed E-state index contributed by atoms with van der Waals surface area (Å²) in [6, 6.07) is 0. The fourth-order valence-electron chi connectivity index (χ4n) is 2.13. The average molecular weight is 274 g/mol. The summed E-state index contributed by atoms with van der Waals surface area (Å²) in [5.74, 6) is -2.17. The van der Waals surface area contributed by atoms with Gasteiger partial charge in [-0.15, -0.1) is 0 Å². The van der Waals surface area contributed by atoms with Crippen LogP contribution in [0.3, 0.4) is 0 Å². The first-order chi connectivity index (χ1) is 8.91. The number of carbonyl (C=O) groups is 2. The normalized spacial score (nSPS) is 23.9. The molecule has 1 saturated carbocycles. The van der Waals surface area contributed by atoms with Gasteiger partial charge in [0.1, 0.15) is 6.61 Å². The van der Waals surface area contributed by atoms with Crippen molar-refractivity contribution in [2.24, 2.45) is 17.3 Å². The van der Waals surface area contributed by atoms with Crippen LogP contribution < -0.4 is 0 Å². The molecule has 1 aliphatic rings. The van der Waals surface area contributed by atoms with Gasteiger partial charge in [-0.2, -0.15) is 0 Å². The lowest BCUT2D eigenvalue weighted by atomic mass is 9.81. The lowest BCUT2D eigenvalue weighted by molar-refractivity contribution is -0.157. The van der Waals surface area contributed by atoms with Crippen LogP contribution in [0, 0.1) is 17.3 Å². The molecule has 0 radical (unpaired) electrons. The zero-order valence-electron chi connectivity index (χ0n) is 11.2. The molecule has 110 valence electrons. The Morgan fingerprint density at radius 2 is 1.79 bits per heavy atom. The smallest absolute Gasteiger partial charge is 0.308 e. The number of carbonyl (C=O) groups excluding carboxylic acids is 1. The molecule has 0 spiro atoms. The van der Waals surface area contributed by atoms with Crippen molar-refractivity contribution < 1.29 is 29.6 Å². The number of carboxylic acids is 1. The van der Waals surface area contributed by atoms with Crippen LogP contribution >= 0.6 is 0 Å². The molecule has 0 saturated heterocycles. The van der Waals surface area contributed by atoms with Crippen molar-refractivity contribution in [3.63, 3.8) is 0 Å². The van der Waals surface area contributed by atoms with Gasteiger partial charge in [-0.1, -0.05) is 13.3 Å². The van der Waals surface area contributed by atoms with Crippen LogP contribution in [0.15, 0.2) is 0 Å². The largest absolute Gasteiger partial charge is 0.481 e. The van der Waals surface area contributed by atoms with Gasteiger partial charge in [-0.05, 0) is 19.3 Å². The van der Waals surface area contributed by atoms with E-state index in [4.69, 9.17) is 20.1 Å². The zero-order chi connectivity index (χ0) is 14.5. The number of ether oxygens (including phenoxy) is 1. The Bertz CT molecular complexity index is 323. The van der Waals surface area contributed by atoms with Gasteiger partial charge < -0.3 is 20.1 Å². The Kier molecular flexibility index (Phi) is 5.75. The van der Waals surface area contributed by atoms with Gasteiger partial charge in [0.15, 0.2) is 0 Å². The first-order valence-corrected chi connectivity index (χ1v) is 6.53. The fourth-order valence-corrected chi connectivity index (χ4v) is 2.13. The lowest BCUT2D eigenvalue weighted by Gasteiger charge is -2.28. The second-order valence-corrected chi connectivity index (χ2v) is 5.63. The molecule has 1 fully saturated rings. The Labute approximate surface area is 112 Å². The number of carboxylic acid groups (broad SMARTS) is 1. The maximum absolute atomic E-state index is 11.9. The first kappa shape index (κ1) is 15.9. The third-order valence-electron chi connectivity index (χ3n) is 3.68. The van der Waals surface area contributed by atoms with E-state index < -0.39 is 29.2 Å². The number of aliphatic hydroxyl groups excluding tert-OH is 2. The summed E-state index contributed by atoms with van der Waals surface area (Å²) in [5, 5.41) is 27.1. The van der Waals surface area contributed by atoms with Gasteiger partial charge in [0.25, 0.3) is 0 Å². The SMILES string of the molecule is CC(CO)(CO)COC(=O)C1CCCC(C(=O)O)C1. The van der Waals surface area contributed by atoms with Crippen LogP contribution in [0.2, 0.25) is 0 Å². The van der Waals surface area contributed by atoms with Crippen LogP contribution in [0.5, 0.6) is 0 Å². The fraction of sp³-hybridized carbons (Fsp3) is 0.846. The van der Waals surface area contributed by atoms with Crippen LogP contribution in [0.4, 0.5) is 0 Å². The van der Waals surface area contributed by atoms with Gasteiger partial charge in [-0.25, -0.2) is 0 Å².